The average Bonchev–Trinajstić information content (AvgIpc) is 2.22. The first-order valence-electron chi connectivity index (χ1n) is 5.40. The molecule has 0 aromatic rings. The fraction of sp³-hybridized carbons (Fsp3) is 1.00. The predicted octanol–water partition coefficient (Wildman–Crippen LogP) is 3.78. The second-order valence-corrected chi connectivity index (χ2v) is 5.77. The molecule has 0 aliphatic heterocycles. The average molecular weight is 255 g/mol. The second-order valence-electron chi connectivity index (χ2n) is 3.89. The highest BCUT2D eigenvalue weighted by atomic mass is 31.2. The van der Waals surface area contributed by atoms with Gasteiger partial charge in [0, 0.05) is 14.2 Å². The lowest BCUT2D eigenvalue weighted by atomic mass is 10.1. The van der Waals surface area contributed by atoms with Gasteiger partial charge in [0.25, 0.3) is 0 Å². The molecule has 0 saturated heterocycles. The van der Waals surface area contributed by atoms with Gasteiger partial charge in [-0.15, -0.1) is 0 Å². The zero-order valence-corrected chi connectivity index (χ0v) is 11.8. The van der Waals surface area contributed by atoms with Crippen molar-refractivity contribution in [3.05, 3.63) is 0 Å². The molecule has 0 bridgehead atoms. The van der Waals surface area contributed by atoms with Crippen molar-refractivity contribution in [2.45, 2.75) is 39.5 Å². The summed E-state index contributed by atoms with van der Waals surface area (Å²) < 4.78 is 25.8. The molecule has 0 atom stereocenters. The number of phosphoric acid groups is 1. The summed E-state index contributed by atoms with van der Waals surface area (Å²) in [6, 6.07) is 0. The number of hydrogen-bond donors (Lipinski definition) is 1. The Balaban J connectivity index is 0. The highest BCUT2D eigenvalue weighted by molar-refractivity contribution is 7.48. The highest BCUT2D eigenvalue weighted by Crippen LogP contribution is 2.47. The molecule has 0 heterocycles. The molecule has 6 heteroatoms. The van der Waals surface area contributed by atoms with Gasteiger partial charge in [0.2, 0.25) is 0 Å². The SMILES string of the molecule is COP(=O)(OC)OCCCCCC(C)C.N. The fourth-order valence-electron chi connectivity index (χ4n) is 1.19. The zero-order chi connectivity index (χ0) is 11.7. The van der Waals surface area contributed by atoms with Crippen molar-refractivity contribution in [1.82, 2.24) is 6.15 Å². The Morgan fingerprint density at radius 1 is 1.06 bits per heavy atom. The van der Waals surface area contributed by atoms with Crippen LogP contribution in [0.2, 0.25) is 0 Å². The first-order valence-corrected chi connectivity index (χ1v) is 6.86. The lowest BCUT2D eigenvalue weighted by molar-refractivity contribution is 0.149. The third kappa shape index (κ3) is 9.31. The molecule has 0 aliphatic carbocycles. The van der Waals surface area contributed by atoms with E-state index in [1.54, 1.807) is 0 Å². The molecule has 0 spiro atoms. The van der Waals surface area contributed by atoms with Gasteiger partial charge in [-0.05, 0) is 12.3 Å². The van der Waals surface area contributed by atoms with Crippen LogP contribution in [0, 0.1) is 5.92 Å². The molecule has 0 aromatic carbocycles. The van der Waals surface area contributed by atoms with Crippen molar-refractivity contribution in [2.75, 3.05) is 20.8 Å². The maximum atomic E-state index is 11.4. The van der Waals surface area contributed by atoms with E-state index in [9.17, 15) is 4.57 Å². The summed E-state index contributed by atoms with van der Waals surface area (Å²) in [4.78, 5) is 0. The van der Waals surface area contributed by atoms with E-state index >= 15 is 0 Å². The second kappa shape index (κ2) is 10.2. The summed E-state index contributed by atoms with van der Waals surface area (Å²) in [5, 5.41) is 0. The Morgan fingerprint density at radius 3 is 2.06 bits per heavy atom. The first-order chi connectivity index (χ1) is 7.04. The van der Waals surface area contributed by atoms with E-state index in [4.69, 9.17) is 4.52 Å². The van der Waals surface area contributed by atoms with E-state index in [1.807, 2.05) is 0 Å². The lowest BCUT2D eigenvalue weighted by Crippen LogP contribution is -1.97. The molecule has 0 unspecified atom stereocenters. The van der Waals surface area contributed by atoms with Crippen LogP contribution in [0.3, 0.4) is 0 Å². The Morgan fingerprint density at radius 2 is 1.62 bits per heavy atom. The monoisotopic (exact) mass is 255 g/mol. The molecule has 0 amide bonds. The van der Waals surface area contributed by atoms with E-state index in [1.165, 1.54) is 27.1 Å². The first kappa shape index (κ1) is 18.4. The van der Waals surface area contributed by atoms with Gasteiger partial charge in [-0.3, -0.25) is 13.6 Å². The Kier molecular flexibility index (Phi) is 11.8. The lowest BCUT2D eigenvalue weighted by Gasteiger charge is -2.12. The molecule has 0 fully saturated rings. The summed E-state index contributed by atoms with van der Waals surface area (Å²) in [7, 11) is -0.604. The molecular weight excluding hydrogens is 229 g/mol. The van der Waals surface area contributed by atoms with Crippen LogP contribution in [-0.2, 0) is 18.1 Å². The van der Waals surface area contributed by atoms with Crippen molar-refractivity contribution in [3.8, 4) is 0 Å². The molecule has 5 nitrogen and oxygen atoms in total. The number of unbranched alkanes of at least 4 members (excludes halogenated alkanes) is 2. The molecular formula is C10H26NO4P. The maximum Gasteiger partial charge on any atom is 0.474 e. The summed E-state index contributed by atoms with van der Waals surface area (Å²) in [6.45, 7) is 4.85. The van der Waals surface area contributed by atoms with Crippen molar-refractivity contribution >= 4 is 7.82 Å². The number of rotatable bonds is 9. The number of hydrogen-bond acceptors (Lipinski definition) is 5. The Bertz CT molecular complexity index is 191. The van der Waals surface area contributed by atoms with Crippen LogP contribution in [0.1, 0.15) is 39.5 Å². The van der Waals surface area contributed by atoms with E-state index in [-0.39, 0.29) is 6.15 Å². The van der Waals surface area contributed by atoms with Crippen LogP contribution in [0.25, 0.3) is 0 Å². The van der Waals surface area contributed by atoms with Crippen LogP contribution < -0.4 is 6.15 Å². The molecule has 0 aliphatic rings. The summed E-state index contributed by atoms with van der Waals surface area (Å²) in [5.41, 5.74) is 0. The van der Waals surface area contributed by atoms with Gasteiger partial charge in [0.15, 0.2) is 0 Å². The molecule has 100 valence electrons. The van der Waals surface area contributed by atoms with E-state index in [2.05, 4.69) is 22.9 Å². The molecule has 0 radical (unpaired) electrons. The fourth-order valence-corrected chi connectivity index (χ4v) is 1.90. The smallest absolute Gasteiger partial charge is 0.344 e. The van der Waals surface area contributed by atoms with Gasteiger partial charge in [0.05, 0.1) is 6.61 Å². The van der Waals surface area contributed by atoms with Crippen molar-refractivity contribution in [2.24, 2.45) is 5.92 Å². The van der Waals surface area contributed by atoms with E-state index in [0.29, 0.717) is 6.61 Å². The molecule has 0 saturated carbocycles. The minimum atomic E-state index is -3.25. The van der Waals surface area contributed by atoms with Crippen LogP contribution >= 0.6 is 7.82 Å². The minimum absolute atomic E-state index is 0. The van der Waals surface area contributed by atoms with Gasteiger partial charge < -0.3 is 6.15 Å². The van der Waals surface area contributed by atoms with Crippen LogP contribution in [0.15, 0.2) is 0 Å². The Hall–Kier alpha value is 0.0700. The van der Waals surface area contributed by atoms with E-state index in [0.717, 1.165) is 18.8 Å². The molecule has 16 heavy (non-hydrogen) atoms. The van der Waals surface area contributed by atoms with Gasteiger partial charge in [-0.25, -0.2) is 4.57 Å². The standard InChI is InChI=1S/C10H23O4P.H3N/c1-10(2)8-6-5-7-9-14-15(11,12-3)13-4;/h10H,5-9H2,1-4H3;1H3. The van der Waals surface area contributed by atoms with Crippen molar-refractivity contribution in [3.63, 3.8) is 0 Å². The molecule has 3 N–H and O–H groups in total. The maximum absolute atomic E-state index is 11.4. The highest BCUT2D eigenvalue weighted by Gasteiger charge is 2.21. The topological polar surface area (TPSA) is 79.8 Å². The minimum Gasteiger partial charge on any atom is -0.344 e. The van der Waals surface area contributed by atoms with Gasteiger partial charge >= 0.3 is 7.82 Å². The van der Waals surface area contributed by atoms with Gasteiger partial charge in [-0.2, -0.15) is 0 Å². The van der Waals surface area contributed by atoms with Crippen molar-refractivity contribution < 1.29 is 18.1 Å². The van der Waals surface area contributed by atoms with Crippen LogP contribution in [-0.4, -0.2) is 20.8 Å². The number of phosphoric ester groups is 1. The zero-order valence-electron chi connectivity index (χ0n) is 10.9. The van der Waals surface area contributed by atoms with Crippen LogP contribution in [0.4, 0.5) is 0 Å². The predicted molar refractivity (Wildman–Crippen MR) is 65.9 cm³/mol. The summed E-state index contributed by atoms with van der Waals surface area (Å²) in [5.74, 6) is 0.745. The Labute approximate surface area is 99.0 Å². The normalized spacial score (nSPS) is 11.6. The third-order valence-corrected chi connectivity index (χ3v) is 3.52. The van der Waals surface area contributed by atoms with Gasteiger partial charge in [-0.1, -0.05) is 33.1 Å². The largest absolute Gasteiger partial charge is 0.474 e. The quantitative estimate of drug-likeness (QED) is 0.501. The van der Waals surface area contributed by atoms with Crippen molar-refractivity contribution in [1.29, 1.82) is 0 Å². The van der Waals surface area contributed by atoms with Gasteiger partial charge in [0.1, 0.15) is 0 Å². The van der Waals surface area contributed by atoms with Crippen LogP contribution in [0.5, 0.6) is 0 Å². The summed E-state index contributed by atoms with van der Waals surface area (Å²) >= 11 is 0. The summed E-state index contributed by atoms with van der Waals surface area (Å²) in [6.07, 6.45) is 4.40. The van der Waals surface area contributed by atoms with E-state index < -0.39 is 7.82 Å². The molecule has 0 rings (SSSR count). The third-order valence-electron chi connectivity index (χ3n) is 2.12. The molecule has 0 aromatic heterocycles.